The average Bonchev–Trinajstić information content (AvgIpc) is 3.72. The van der Waals surface area contributed by atoms with Gasteiger partial charge < -0.3 is 4.90 Å². The third-order valence-electron chi connectivity index (χ3n) is 13.9. The van der Waals surface area contributed by atoms with Gasteiger partial charge in [0, 0.05) is 22.4 Å². The van der Waals surface area contributed by atoms with E-state index in [1.165, 1.54) is 55.9 Å². The number of hydrogen-bond donors (Lipinski definition) is 0. The monoisotopic (exact) mass is 865 g/mol. The summed E-state index contributed by atoms with van der Waals surface area (Å²) in [6, 6.07) is 94.0. The second-order valence-corrected chi connectivity index (χ2v) is 17.7. The molecule has 1 aromatic heterocycles. The van der Waals surface area contributed by atoms with Gasteiger partial charge in [0.05, 0.1) is 28.2 Å². The van der Waals surface area contributed by atoms with Crippen molar-refractivity contribution < 1.29 is 0 Å². The molecule has 0 bridgehead atoms. The molecule has 0 saturated carbocycles. The molecule has 318 valence electrons. The first-order valence-electron chi connectivity index (χ1n) is 23.3. The molecule has 0 fully saturated rings. The van der Waals surface area contributed by atoms with E-state index in [2.05, 4.69) is 266 Å². The van der Waals surface area contributed by atoms with Crippen LogP contribution in [0.1, 0.15) is 22.3 Å². The summed E-state index contributed by atoms with van der Waals surface area (Å²) in [4.78, 5) is 13.2. The molecular weight excluding hydrogens is 823 g/mol. The van der Waals surface area contributed by atoms with Crippen molar-refractivity contribution in [3.63, 3.8) is 0 Å². The lowest BCUT2D eigenvalue weighted by Gasteiger charge is -2.45. The van der Waals surface area contributed by atoms with E-state index in [1.54, 1.807) is 0 Å². The summed E-state index contributed by atoms with van der Waals surface area (Å²) in [5.74, 6) is 0.673. The van der Waals surface area contributed by atoms with Gasteiger partial charge in [-0.3, -0.25) is 0 Å². The molecule has 68 heavy (non-hydrogen) atoms. The number of aromatic nitrogens is 2. The lowest BCUT2D eigenvalue weighted by atomic mass is 9.64. The van der Waals surface area contributed by atoms with Crippen LogP contribution in [0.15, 0.2) is 261 Å². The molecule has 3 heteroatoms. The Bertz CT molecular complexity index is 3470. The Balaban J connectivity index is 0.944. The minimum atomic E-state index is -0.467. The molecule has 11 aromatic rings. The van der Waals surface area contributed by atoms with Crippen molar-refractivity contribution in [3.05, 3.63) is 283 Å². The van der Waals surface area contributed by atoms with Crippen LogP contribution in [0.25, 0.3) is 78.4 Å². The molecule has 10 aromatic carbocycles. The summed E-state index contributed by atoms with van der Waals surface area (Å²) in [6.07, 6.45) is 0. The van der Waals surface area contributed by atoms with Crippen molar-refractivity contribution in [2.24, 2.45) is 0 Å². The number of nitrogens with zero attached hydrogens (tertiary/aromatic N) is 3. The third-order valence-corrected chi connectivity index (χ3v) is 13.9. The van der Waals surface area contributed by atoms with E-state index in [0.717, 1.165) is 56.0 Å². The molecule has 0 amide bonds. The van der Waals surface area contributed by atoms with Crippen molar-refractivity contribution in [1.82, 2.24) is 9.97 Å². The number of rotatable bonds is 7. The molecule has 2 aliphatic rings. The SMILES string of the molecule is c1ccc(-c2ccc(-c3cc(-c4ccc(-c5ccccc5)cc4)nc(-c4ccccc4-c4cccc(N5c6ccccc6C6(c7ccccc7-c7ccccc76)c6ccccc65)c4)n3)cc2)cc1. The predicted octanol–water partition coefficient (Wildman–Crippen LogP) is 16.6. The Morgan fingerprint density at radius 3 is 1.16 bits per heavy atom. The van der Waals surface area contributed by atoms with E-state index >= 15 is 0 Å². The zero-order chi connectivity index (χ0) is 45.0. The van der Waals surface area contributed by atoms with Gasteiger partial charge in [-0.2, -0.15) is 0 Å². The van der Waals surface area contributed by atoms with Crippen molar-refractivity contribution >= 4 is 17.1 Å². The van der Waals surface area contributed by atoms with Crippen LogP contribution < -0.4 is 4.90 Å². The lowest BCUT2D eigenvalue weighted by molar-refractivity contribution is 0.752. The molecule has 0 saturated heterocycles. The van der Waals surface area contributed by atoms with E-state index in [0.29, 0.717) is 5.82 Å². The summed E-state index contributed by atoms with van der Waals surface area (Å²) in [5, 5.41) is 0. The molecular formula is C65H43N3. The van der Waals surface area contributed by atoms with Gasteiger partial charge in [0.25, 0.3) is 0 Å². The molecule has 13 rings (SSSR count). The molecule has 0 unspecified atom stereocenters. The van der Waals surface area contributed by atoms with Gasteiger partial charge in [-0.15, -0.1) is 0 Å². The molecule has 0 radical (unpaired) electrons. The van der Waals surface area contributed by atoms with Crippen LogP contribution in [0.4, 0.5) is 17.1 Å². The normalized spacial score (nSPS) is 12.8. The van der Waals surface area contributed by atoms with E-state index in [-0.39, 0.29) is 0 Å². The fourth-order valence-corrected chi connectivity index (χ4v) is 10.9. The Hall–Kier alpha value is -8.92. The Labute approximate surface area is 397 Å². The van der Waals surface area contributed by atoms with Crippen LogP contribution in [-0.4, -0.2) is 9.97 Å². The number of para-hydroxylation sites is 2. The van der Waals surface area contributed by atoms with Gasteiger partial charge in [0.2, 0.25) is 0 Å². The highest BCUT2D eigenvalue weighted by atomic mass is 15.2. The van der Waals surface area contributed by atoms with Crippen molar-refractivity contribution in [2.45, 2.75) is 5.41 Å². The standard InChI is InChI=1S/C65H43N3/c1-3-18-44(19-4-1)46-34-38-48(39-35-46)60-43-61(49-40-36-47(37-41-49)45-20-5-2-6-21-45)67-64(66-60)55-27-8-7-24-52(55)50-22-17-23-51(42-50)68-62-32-15-13-30-58(62)65(59-31-14-16-33-63(59)68)56-28-11-9-25-53(56)54-26-10-12-29-57(54)65/h1-43H. The number of hydrogen-bond acceptors (Lipinski definition) is 3. The zero-order valence-electron chi connectivity index (χ0n) is 37.2. The quantitative estimate of drug-likeness (QED) is 0.160. The summed E-state index contributed by atoms with van der Waals surface area (Å²) in [7, 11) is 0. The maximum Gasteiger partial charge on any atom is 0.161 e. The second kappa shape index (κ2) is 16.2. The maximum atomic E-state index is 5.38. The van der Waals surface area contributed by atoms with Crippen molar-refractivity contribution in [2.75, 3.05) is 4.90 Å². The largest absolute Gasteiger partial charge is 0.310 e. The van der Waals surface area contributed by atoms with E-state index in [9.17, 15) is 0 Å². The molecule has 0 N–H and O–H groups in total. The highest BCUT2D eigenvalue weighted by Gasteiger charge is 2.51. The van der Waals surface area contributed by atoms with Crippen LogP contribution in [0.5, 0.6) is 0 Å². The average molecular weight is 866 g/mol. The van der Waals surface area contributed by atoms with E-state index < -0.39 is 5.41 Å². The minimum Gasteiger partial charge on any atom is -0.310 e. The summed E-state index contributed by atoms with van der Waals surface area (Å²) < 4.78 is 0. The number of anilines is 3. The maximum absolute atomic E-state index is 5.38. The topological polar surface area (TPSA) is 29.0 Å². The summed E-state index contributed by atoms with van der Waals surface area (Å²) in [6.45, 7) is 0. The van der Waals surface area contributed by atoms with Crippen molar-refractivity contribution in [1.29, 1.82) is 0 Å². The smallest absolute Gasteiger partial charge is 0.161 e. The number of fused-ring (bicyclic) bond motifs is 9. The Kier molecular flexibility index (Phi) is 9.40. The van der Waals surface area contributed by atoms with Gasteiger partial charge in [-0.1, -0.05) is 231 Å². The molecule has 3 nitrogen and oxygen atoms in total. The summed E-state index contributed by atoms with van der Waals surface area (Å²) in [5.41, 5.74) is 22.3. The van der Waals surface area contributed by atoms with Crippen LogP contribution in [0, 0.1) is 0 Å². The fourth-order valence-electron chi connectivity index (χ4n) is 10.9. The van der Waals surface area contributed by atoms with E-state index in [4.69, 9.17) is 9.97 Å². The summed E-state index contributed by atoms with van der Waals surface area (Å²) >= 11 is 0. The third kappa shape index (κ3) is 6.35. The van der Waals surface area contributed by atoms with Gasteiger partial charge in [0.1, 0.15) is 0 Å². The zero-order valence-corrected chi connectivity index (χ0v) is 37.2. The van der Waals surface area contributed by atoms with Crippen LogP contribution in [-0.2, 0) is 5.41 Å². The van der Waals surface area contributed by atoms with Crippen LogP contribution in [0.2, 0.25) is 0 Å². The molecule has 1 aliphatic heterocycles. The van der Waals surface area contributed by atoms with Gasteiger partial charge in [-0.25, -0.2) is 9.97 Å². The highest BCUT2D eigenvalue weighted by molar-refractivity contribution is 5.96. The second-order valence-electron chi connectivity index (χ2n) is 17.7. The van der Waals surface area contributed by atoms with Crippen LogP contribution in [0.3, 0.4) is 0 Å². The molecule has 1 spiro atoms. The lowest BCUT2D eigenvalue weighted by Crippen LogP contribution is -2.36. The Morgan fingerprint density at radius 1 is 0.265 bits per heavy atom. The first kappa shape index (κ1) is 39.4. The van der Waals surface area contributed by atoms with Gasteiger partial charge >= 0.3 is 0 Å². The molecule has 1 aliphatic carbocycles. The highest BCUT2D eigenvalue weighted by Crippen LogP contribution is 2.63. The predicted molar refractivity (Wildman–Crippen MR) is 280 cm³/mol. The Morgan fingerprint density at radius 2 is 0.647 bits per heavy atom. The van der Waals surface area contributed by atoms with E-state index in [1.807, 2.05) is 0 Å². The minimum absolute atomic E-state index is 0.467. The number of benzene rings is 10. The first-order chi connectivity index (χ1) is 33.7. The first-order valence-corrected chi connectivity index (χ1v) is 23.3. The fraction of sp³-hybridized carbons (Fsp3) is 0.0154. The van der Waals surface area contributed by atoms with Crippen molar-refractivity contribution in [3.8, 4) is 78.4 Å². The van der Waals surface area contributed by atoms with Crippen LogP contribution >= 0.6 is 0 Å². The molecule has 2 heterocycles. The van der Waals surface area contributed by atoms with Gasteiger partial charge in [-0.05, 0) is 97.1 Å². The van der Waals surface area contributed by atoms with Gasteiger partial charge in [0.15, 0.2) is 5.82 Å². The molecule has 0 atom stereocenters.